The van der Waals surface area contributed by atoms with E-state index in [-0.39, 0.29) is 6.54 Å². The highest BCUT2D eigenvalue weighted by Crippen LogP contribution is 2.07. The molecule has 0 unspecified atom stereocenters. The standard InChI is InChI=1S/C10H16N2O4/c1-3-12(6-10(13)14)5-8-4-9(7-15-2)16-11-8/h4H,3,5-7H2,1-2H3,(H,13,14). The van der Waals surface area contributed by atoms with Gasteiger partial charge in [-0.25, -0.2) is 0 Å². The zero-order valence-corrected chi connectivity index (χ0v) is 9.47. The fourth-order valence-electron chi connectivity index (χ4n) is 1.34. The van der Waals surface area contributed by atoms with Crippen LogP contribution in [0.3, 0.4) is 0 Å². The van der Waals surface area contributed by atoms with E-state index in [0.29, 0.717) is 25.5 Å². The third-order valence-corrected chi connectivity index (χ3v) is 2.09. The first-order valence-corrected chi connectivity index (χ1v) is 5.03. The second-order valence-corrected chi connectivity index (χ2v) is 3.41. The van der Waals surface area contributed by atoms with Gasteiger partial charge in [0.15, 0.2) is 5.76 Å². The summed E-state index contributed by atoms with van der Waals surface area (Å²) in [5.41, 5.74) is 0.718. The molecule has 0 spiro atoms. The van der Waals surface area contributed by atoms with Crippen LogP contribution in [0.2, 0.25) is 0 Å². The highest BCUT2D eigenvalue weighted by atomic mass is 16.5. The minimum Gasteiger partial charge on any atom is -0.480 e. The van der Waals surface area contributed by atoms with Crippen molar-refractivity contribution in [3.8, 4) is 0 Å². The SMILES string of the molecule is CCN(CC(=O)O)Cc1cc(COC)on1. The Morgan fingerprint density at radius 3 is 3.00 bits per heavy atom. The molecule has 6 nitrogen and oxygen atoms in total. The molecule has 1 aromatic heterocycles. The molecule has 0 radical (unpaired) electrons. The van der Waals surface area contributed by atoms with Crippen LogP contribution in [0.5, 0.6) is 0 Å². The molecular formula is C10H16N2O4. The summed E-state index contributed by atoms with van der Waals surface area (Å²) in [4.78, 5) is 12.3. The van der Waals surface area contributed by atoms with E-state index in [2.05, 4.69) is 5.16 Å². The van der Waals surface area contributed by atoms with E-state index in [9.17, 15) is 4.79 Å². The molecule has 1 aromatic rings. The molecule has 0 aliphatic rings. The van der Waals surface area contributed by atoms with Crippen molar-refractivity contribution in [2.75, 3.05) is 20.2 Å². The Labute approximate surface area is 93.8 Å². The number of aliphatic carboxylic acids is 1. The zero-order chi connectivity index (χ0) is 12.0. The highest BCUT2D eigenvalue weighted by molar-refractivity contribution is 5.69. The molecule has 16 heavy (non-hydrogen) atoms. The number of aromatic nitrogens is 1. The number of carboxylic acid groups (broad SMARTS) is 1. The van der Waals surface area contributed by atoms with E-state index in [1.165, 1.54) is 0 Å². The van der Waals surface area contributed by atoms with E-state index >= 15 is 0 Å². The number of carbonyl (C=O) groups is 1. The Hall–Kier alpha value is -1.40. The van der Waals surface area contributed by atoms with Gasteiger partial charge in [-0.1, -0.05) is 12.1 Å². The van der Waals surface area contributed by atoms with Gasteiger partial charge in [-0.2, -0.15) is 0 Å². The molecule has 1 N–H and O–H groups in total. The van der Waals surface area contributed by atoms with E-state index in [1.54, 1.807) is 18.1 Å². The number of rotatable bonds is 7. The summed E-state index contributed by atoms with van der Waals surface area (Å²) in [5.74, 6) is -0.202. The van der Waals surface area contributed by atoms with Crippen molar-refractivity contribution in [2.45, 2.75) is 20.1 Å². The van der Waals surface area contributed by atoms with Gasteiger partial charge in [0.2, 0.25) is 0 Å². The number of methoxy groups -OCH3 is 1. The lowest BCUT2D eigenvalue weighted by molar-refractivity contribution is -0.138. The molecule has 0 fully saturated rings. The normalized spacial score (nSPS) is 10.9. The molecule has 0 amide bonds. The number of nitrogens with zero attached hydrogens (tertiary/aromatic N) is 2. The Kier molecular flexibility index (Phi) is 4.94. The lowest BCUT2D eigenvalue weighted by Crippen LogP contribution is -2.29. The third-order valence-electron chi connectivity index (χ3n) is 2.09. The van der Waals surface area contributed by atoms with Gasteiger partial charge < -0.3 is 14.4 Å². The smallest absolute Gasteiger partial charge is 0.317 e. The van der Waals surface area contributed by atoms with E-state index < -0.39 is 5.97 Å². The molecule has 1 heterocycles. The first kappa shape index (κ1) is 12.7. The Balaban J connectivity index is 2.52. The van der Waals surface area contributed by atoms with Gasteiger partial charge in [0, 0.05) is 19.7 Å². The lowest BCUT2D eigenvalue weighted by Gasteiger charge is -2.15. The Bertz CT molecular complexity index is 337. The topological polar surface area (TPSA) is 75.8 Å². The average molecular weight is 228 g/mol. The predicted molar refractivity (Wildman–Crippen MR) is 55.8 cm³/mol. The van der Waals surface area contributed by atoms with E-state index in [1.807, 2.05) is 6.92 Å². The molecule has 0 bridgehead atoms. The van der Waals surface area contributed by atoms with Crippen LogP contribution < -0.4 is 0 Å². The van der Waals surface area contributed by atoms with Crippen molar-refractivity contribution >= 4 is 5.97 Å². The van der Waals surface area contributed by atoms with Gasteiger partial charge in [0.05, 0.1) is 12.2 Å². The summed E-state index contributed by atoms with van der Waals surface area (Å²) >= 11 is 0. The summed E-state index contributed by atoms with van der Waals surface area (Å²) in [6.45, 7) is 3.40. The molecule has 0 aromatic carbocycles. The monoisotopic (exact) mass is 228 g/mol. The minimum atomic E-state index is -0.845. The van der Waals surface area contributed by atoms with Crippen LogP contribution in [-0.2, 0) is 22.7 Å². The Morgan fingerprint density at radius 1 is 1.69 bits per heavy atom. The number of hydrogen-bond donors (Lipinski definition) is 1. The van der Waals surface area contributed by atoms with Crippen LogP contribution in [0, 0.1) is 0 Å². The molecule has 0 saturated heterocycles. The van der Waals surface area contributed by atoms with E-state index in [4.69, 9.17) is 14.4 Å². The number of ether oxygens (including phenoxy) is 1. The number of likely N-dealkylation sites (N-methyl/N-ethyl adjacent to an activating group) is 1. The molecule has 6 heteroatoms. The third kappa shape index (κ3) is 4.00. The fraction of sp³-hybridized carbons (Fsp3) is 0.600. The molecular weight excluding hydrogens is 212 g/mol. The predicted octanol–water partition coefficient (Wildman–Crippen LogP) is 0.727. The highest BCUT2D eigenvalue weighted by Gasteiger charge is 2.11. The van der Waals surface area contributed by atoms with Crippen LogP contribution in [0.15, 0.2) is 10.6 Å². The largest absolute Gasteiger partial charge is 0.480 e. The summed E-state index contributed by atoms with van der Waals surface area (Å²) in [7, 11) is 1.57. The van der Waals surface area contributed by atoms with Crippen molar-refractivity contribution in [1.82, 2.24) is 10.1 Å². The van der Waals surface area contributed by atoms with Gasteiger partial charge in [-0.3, -0.25) is 9.69 Å². The van der Waals surface area contributed by atoms with Gasteiger partial charge in [-0.05, 0) is 6.54 Å². The maximum absolute atomic E-state index is 10.6. The molecule has 1 rings (SSSR count). The maximum Gasteiger partial charge on any atom is 0.317 e. The van der Waals surface area contributed by atoms with Gasteiger partial charge in [-0.15, -0.1) is 0 Å². The van der Waals surface area contributed by atoms with Crippen LogP contribution in [0.4, 0.5) is 0 Å². The first-order chi connectivity index (χ1) is 7.65. The first-order valence-electron chi connectivity index (χ1n) is 5.03. The van der Waals surface area contributed by atoms with Crippen molar-refractivity contribution in [3.05, 3.63) is 17.5 Å². The summed E-state index contributed by atoms with van der Waals surface area (Å²) in [6.07, 6.45) is 0. The number of carboxylic acids is 1. The van der Waals surface area contributed by atoms with Crippen molar-refractivity contribution in [3.63, 3.8) is 0 Å². The summed E-state index contributed by atoms with van der Waals surface area (Å²) < 4.78 is 9.90. The summed E-state index contributed by atoms with van der Waals surface area (Å²) in [5, 5.41) is 12.5. The molecule has 0 saturated carbocycles. The van der Waals surface area contributed by atoms with Crippen molar-refractivity contribution in [2.24, 2.45) is 0 Å². The quantitative estimate of drug-likeness (QED) is 0.741. The van der Waals surface area contributed by atoms with Crippen LogP contribution in [0.25, 0.3) is 0 Å². The maximum atomic E-state index is 10.6. The second kappa shape index (κ2) is 6.24. The van der Waals surface area contributed by atoms with Crippen LogP contribution in [-0.4, -0.2) is 41.3 Å². The van der Waals surface area contributed by atoms with Gasteiger partial charge in [0.25, 0.3) is 0 Å². The zero-order valence-electron chi connectivity index (χ0n) is 9.47. The lowest BCUT2D eigenvalue weighted by atomic mass is 10.3. The van der Waals surface area contributed by atoms with Crippen LogP contribution in [0.1, 0.15) is 18.4 Å². The van der Waals surface area contributed by atoms with Gasteiger partial charge >= 0.3 is 5.97 Å². The van der Waals surface area contributed by atoms with E-state index in [0.717, 1.165) is 5.69 Å². The molecule has 0 aliphatic heterocycles. The molecule has 0 atom stereocenters. The minimum absolute atomic E-state index is 0.00295. The molecule has 90 valence electrons. The molecule has 0 aliphatic carbocycles. The van der Waals surface area contributed by atoms with Crippen molar-refractivity contribution in [1.29, 1.82) is 0 Å². The average Bonchev–Trinajstić information content (AvgIpc) is 2.64. The van der Waals surface area contributed by atoms with Gasteiger partial charge in [0.1, 0.15) is 6.61 Å². The number of hydrogen-bond acceptors (Lipinski definition) is 5. The Morgan fingerprint density at radius 2 is 2.44 bits per heavy atom. The fourth-order valence-corrected chi connectivity index (χ4v) is 1.34. The van der Waals surface area contributed by atoms with Crippen molar-refractivity contribution < 1.29 is 19.2 Å². The summed E-state index contributed by atoms with van der Waals surface area (Å²) in [6, 6.07) is 1.77. The van der Waals surface area contributed by atoms with Crippen LogP contribution >= 0.6 is 0 Å². The second-order valence-electron chi connectivity index (χ2n) is 3.41.